The Balaban J connectivity index is 1.49. The summed E-state index contributed by atoms with van der Waals surface area (Å²) in [4.78, 5) is 24.5. The van der Waals surface area contributed by atoms with Gasteiger partial charge in [0.2, 0.25) is 0 Å². The molecule has 1 amide bonds. The van der Waals surface area contributed by atoms with E-state index in [1.165, 1.54) is 6.42 Å². The number of fused-ring (bicyclic) bond motifs is 1. The molecule has 0 saturated carbocycles. The first-order chi connectivity index (χ1) is 14.7. The number of hydrogen-bond donors (Lipinski definition) is 2. The van der Waals surface area contributed by atoms with Gasteiger partial charge in [0.25, 0.3) is 5.91 Å². The SMILES string of the molecule is Cn1cc2cc(NC(=O)c3cccc(-c4cn[nH]c4)n3)c(N3CCCCC3)nc2n1. The fourth-order valence-corrected chi connectivity index (χ4v) is 3.80. The van der Waals surface area contributed by atoms with Gasteiger partial charge < -0.3 is 10.2 Å². The smallest absolute Gasteiger partial charge is 0.274 e. The minimum Gasteiger partial charge on any atom is -0.355 e. The molecule has 1 fully saturated rings. The maximum Gasteiger partial charge on any atom is 0.274 e. The second kappa shape index (κ2) is 7.58. The predicted octanol–water partition coefficient (Wildman–Crippen LogP) is 3.00. The number of rotatable bonds is 4. The third-order valence-corrected chi connectivity index (χ3v) is 5.27. The number of nitrogens with zero attached hydrogens (tertiary/aromatic N) is 6. The van der Waals surface area contributed by atoms with Gasteiger partial charge in [-0.05, 0) is 37.5 Å². The highest BCUT2D eigenvalue weighted by atomic mass is 16.1. The number of aryl methyl sites for hydroxylation is 1. The van der Waals surface area contributed by atoms with Crippen molar-refractivity contribution in [3.05, 3.63) is 48.5 Å². The van der Waals surface area contributed by atoms with E-state index in [2.05, 4.69) is 30.5 Å². The number of hydrogen-bond acceptors (Lipinski definition) is 6. The Bertz CT molecular complexity index is 1190. The van der Waals surface area contributed by atoms with Crippen molar-refractivity contribution >= 4 is 28.4 Å². The Morgan fingerprint density at radius 3 is 2.83 bits per heavy atom. The molecule has 1 aliphatic rings. The van der Waals surface area contributed by atoms with Crippen LogP contribution in [0, 0.1) is 0 Å². The van der Waals surface area contributed by atoms with Crippen molar-refractivity contribution in [2.45, 2.75) is 19.3 Å². The lowest BCUT2D eigenvalue weighted by molar-refractivity contribution is 0.102. The third-order valence-electron chi connectivity index (χ3n) is 5.27. The molecule has 0 spiro atoms. The highest BCUT2D eigenvalue weighted by Gasteiger charge is 2.20. The van der Waals surface area contributed by atoms with Crippen LogP contribution in [0.2, 0.25) is 0 Å². The first kappa shape index (κ1) is 18.3. The molecule has 5 rings (SSSR count). The minimum atomic E-state index is -0.274. The quantitative estimate of drug-likeness (QED) is 0.544. The van der Waals surface area contributed by atoms with E-state index in [0.29, 0.717) is 22.7 Å². The van der Waals surface area contributed by atoms with E-state index in [1.54, 1.807) is 23.1 Å². The maximum absolute atomic E-state index is 13.0. The van der Waals surface area contributed by atoms with Crippen LogP contribution in [0.1, 0.15) is 29.8 Å². The third kappa shape index (κ3) is 3.49. The Hall–Kier alpha value is -3.75. The fourth-order valence-electron chi connectivity index (χ4n) is 3.80. The molecular weight excluding hydrogens is 380 g/mol. The second-order valence-corrected chi connectivity index (χ2v) is 7.47. The topological polar surface area (TPSA) is 105 Å². The van der Waals surface area contributed by atoms with Crippen molar-refractivity contribution in [1.82, 2.24) is 29.9 Å². The predicted molar refractivity (Wildman–Crippen MR) is 114 cm³/mol. The van der Waals surface area contributed by atoms with Gasteiger partial charge in [-0.3, -0.25) is 14.6 Å². The normalized spacial score (nSPS) is 14.2. The molecule has 1 aliphatic heterocycles. The van der Waals surface area contributed by atoms with Crippen LogP contribution < -0.4 is 10.2 Å². The van der Waals surface area contributed by atoms with Crippen LogP contribution >= 0.6 is 0 Å². The highest BCUT2D eigenvalue weighted by Crippen LogP contribution is 2.30. The van der Waals surface area contributed by atoms with Crippen LogP contribution in [0.4, 0.5) is 11.5 Å². The standard InChI is InChI=1S/C21H22N8O/c1-28-13-14-10-18(20(26-19(14)27-28)29-8-3-2-4-9-29)25-21(30)17-7-5-6-16(24-17)15-11-22-23-12-15/h5-7,10-13H,2-4,8-9H2,1H3,(H,22,23)(H,25,30). The number of nitrogens with one attached hydrogen (secondary N) is 2. The molecule has 0 radical (unpaired) electrons. The maximum atomic E-state index is 13.0. The summed E-state index contributed by atoms with van der Waals surface area (Å²) in [7, 11) is 1.87. The number of amides is 1. The Kier molecular flexibility index (Phi) is 4.62. The summed E-state index contributed by atoms with van der Waals surface area (Å²) in [5.41, 5.74) is 3.21. The van der Waals surface area contributed by atoms with Gasteiger partial charge in [0.05, 0.1) is 17.6 Å². The van der Waals surface area contributed by atoms with Crippen LogP contribution in [0.5, 0.6) is 0 Å². The Morgan fingerprint density at radius 1 is 1.17 bits per heavy atom. The number of H-pyrrole nitrogens is 1. The summed E-state index contributed by atoms with van der Waals surface area (Å²) in [6.07, 6.45) is 8.77. The van der Waals surface area contributed by atoms with Gasteiger partial charge in [-0.2, -0.15) is 10.2 Å². The average molecular weight is 402 g/mol. The summed E-state index contributed by atoms with van der Waals surface area (Å²) >= 11 is 0. The lowest BCUT2D eigenvalue weighted by atomic mass is 10.1. The van der Waals surface area contributed by atoms with E-state index in [1.807, 2.05) is 31.4 Å². The summed E-state index contributed by atoms with van der Waals surface area (Å²) in [5, 5.41) is 15.1. The zero-order valence-electron chi connectivity index (χ0n) is 16.7. The first-order valence-corrected chi connectivity index (χ1v) is 10.0. The van der Waals surface area contributed by atoms with Gasteiger partial charge in [0.15, 0.2) is 11.5 Å². The Morgan fingerprint density at radius 2 is 2.03 bits per heavy atom. The van der Waals surface area contributed by atoms with E-state index >= 15 is 0 Å². The van der Waals surface area contributed by atoms with Crippen molar-refractivity contribution in [1.29, 1.82) is 0 Å². The molecule has 0 aliphatic carbocycles. The molecule has 4 aromatic rings. The lowest BCUT2D eigenvalue weighted by Crippen LogP contribution is -2.31. The number of pyridine rings is 2. The molecule has 2 N–H and O–H groups in total. The van der Waals surface area contributed by atoms with E-state index < -0.39 is 0 Å². The van der Waals surface area contributed by atoms with Crippen LogP contribution in [-0.2, 0) is 7.05 Å². The van der Waals surface area contributed by atoms with Crippen LogP contribution in [0.15, 0.2) is 42.9 Å². The molecule has 5 heterocycles. The number of aromatic amines is 1. The molecular formula is C21H22N8O. The fraction of sp³-hybridized carbons (Fsp3) is 0.286. The second-order valence-electron chi connectivity index (χ2n) is 7.47. The van der Waals surface area contributed by atoms with E-state index in [-0.39, 0.29) is 5.91 Å². The van der Waals surface area contributed by atoms with Crippen molar-refractivity contribution in [2.75, 3.05) is 23.3 Å². The van der Waals surface area contributed by atoms with Crippen LogP contribution in [0.3, 0.4) is 0 Å². The molecule has 9 heteroatoms. The molecule has 0 unspecified atom stereocenters. The molecule has 9 nitrogen and oxygen atoms in total. The highest BCUT2D eigenvalue weighted by molar-refractivity contribution is 6.05. The van der Waals surface area contributed by atoms with Crippen molar-refractivity contribution in [2.24, 2.45) is 7.05 Å². The minimum absolute atomic E-state index is 0.274. The van der Waals surface area contributed by atoms with Gasteiger partial charge in [-0.1, -0.05) is 6.07 Å². The molecule has 0 aromatic carbocycles. The number of anilines is 2. The number of carbonyl (C=O) groups is 1. The number of piperidine rings is 1. The van der Waals surface area contributed by atoms with Crippen LogP contribution in [-0.4, -0.2) is 48.9 Å². The summed E-state index contributed by atoms with van der Waals surface area (Å²) < 4.78 is 1.74. The first-order valence-electron chi connectivity index (χ1n) is 10.0. The van der Waals surface area contributed by atoms with Crippen molar-refractivity contribution < 1.29 is 4.79 Å². The number of aromatic nitrogens is 6. The number of carbonyl (C=O) groups excluding carboxylic acids is 1. The monoisotopic (exact) mass is 402 g/mol. The zero-order valence-corrected chi connectivity index (χ0v) is 16.7. The molecule has 1 saturated heterocycles. The van der Waals surface area contributed by atoms with Crippen molar-refractivity contribution in [3.8, 4) is 11.3 Å². The van der Waals surface area contributed by atoms with Gasteiger partial charge >= 0.3 is 0 Å². The van der Waals surface area contributed by atoms with Crippen molar-refractivity contribution in [3.63, 3.8) is 0 Å². The van der Waals surface area contributed by atoms with Gasteiger partial charge in [0, 0.05) is 43.5 Å². The molecule has 152 valence electrons. The summed E-state index contributed by atoms with van der Waals surface area (Å²) in [6, 6.07) is 7.31. The molecule has 0 bridgehead atoms. The molecule has 30 heavy (non-hydrogen) atoms. The van der Waals surface area contributed by atoms with Gasteiger partial charge in [0.1, 0.15) is 5.69 Å². The molecule has 0 atom stereocenters. The van der Waals surface area contributed by atoms with E-state index in [0.717, 1.165) is 42.7 Å². The summed E-state index contributed by atoms with van der Waals surface area (Å²) in [5.74, 6) is 0.490. The average Bonchev–Trinajstić information content (AvgIpc) is 3.43. The summed E-state index contributed by atoms with van der Waals surface area (Å²) in [6.45, 7) is 1.84. The van der Waals surface area contributed by atoms with Gasteiger partial charge in [-0.15, -0.1) is 0 Å². The molecule has 4 aromatic heterocycles. The van der Waals surface area contributed by atoms with E-state index in [9.17, 15) is 4.79 Å². The van der Waals surface area contributed by atoms with Gasteiger partial charge in [-0.25, -0.2) is 9.97 Å². The Labute approximate surface area is 173 Å². The zero-order chi connectivity index (χ0) is 20.5. The largest absolute Gasteiger partial charge is 0.355 e. The van der Waals surface area contributed by atoms with E-state index in [4.69, 9.17) is 4.98 Å². The lowest BCUT2D eigenvalue weighted by Gasteiger charge is -2.29. The van der Waals surface area contributed by atoms with Crippen LogP contribution in [0.25, 0.3) is 22.3 Å².